The summed E-state index contributed by atoms with van der Waals surface area (Å²) in [6.45, 7) is 3.91. The molecule has 0 saturated carbocycles. The summed E-state index contributed by atoms with van der Waals surface area (Å²) < 4.78 is 4.99. The number of carbonyl (C=O) groups is 1. The molecule has 0 fully saturated rings. The minimum atomic E-state index is -0.375. The Morgan fingerprint density at radius 3 is 2.70 bits per heavy atom. The van der Waals surface area contributed by atoms with Crippen LogP contribution < -0.4 is 10.6 Å². The van der Waals surface area contributed by atoms with E-state index in [1.807, 2.05) is 50.2 Å². The van der Waals surface area contributed by atoms with Crippen molar-refractivity contribution < 1.29 is 9.53 Å². The molecule has 2 N–H and O–H groups in total. The molecule has 118 valence electrons. The smallest absolute Gasteiger partial charge is 0.338 e. The van der Waals surface area contributed by atoms with Crippen LogP contribution in [0.25, 0.3) is 0 Å². The molecular formula is C18H19N3O2. The van der Waals surface area contributed by atoms with E-state index in [-0.39, 0.29) is 12.0 Å². The standard InChI is InChI=1S/C18H19N3O2/c1-11-7-8-13-15(10-11)20-12(2)16(18(22)23-3)17(21-13)14-6-4-5-9-19-14/h4-10,17,20-21H,1-3H3. The van der Waals surface area contributed by atoms with Crippen molar-refractivity contribution in [2.24, 2.45) is 0 Å². The zero-order valence-corrected chi connectivity index (χ0v) is 13.4. The van der Waals surface area contributed by atoms with Crippen molar-refractivity contribution in [2.75, 3.05) is 17.7 Å². The highest BCUT2D eigenvalue weighted by molar-refractivity contribution is 5.94. The van der Waals surface area contributed by atoms with E-state index in [2.05, 4.69) is 15.6 Å². The molecule has 5 nitrogen and oxygen atoms in total. The number of fused-ring (bicyclic) bond motifs is 1. The molecule has 0 aliphatic carbocycles. The summed E-state index contributed by atoms with van der Waals surface area (Å²) in [5.74, 6) is -0.373. The first-order valence-corrected chi connectivity index (χ1v) is 7.44. The molecule has 1 atom stereocenters. The largest absolute Gasteiger partial charge is 0.466 e. The molecule has 0 amide bonds. The third-order valence-electron chi connectivity index (χ3n) is 3.88. The molecule has 1 aromatic carbocycles. The molecule has 0 radical (unpaired) electrons. The Morgan fingerprint density at radius 2 is 2.00 bits per heavy atom. The van der Waals surface area contributed by atoms with Crippen LogP contribution >= 0.6 is 0 Å². The van der Waals surface area contributed by atoms with Gasteiger partial charge in [-0.3, -0.25) is 4.98 Å². The van der Waals surface area contributed by atoms with Gasteiger partial charge in [-0.2, -0.15) is 0 Å². The summed E-state index contributed by atoms with van der Waals surface area (Å²) in [7, 11) is 1.39. The first kappa shape index (κ1) is 15.1. The monoisotopic (exact) mass is 309 g/mol. The molecule has 2 heterocycles. The van der Waals surface area contributed by atoms with Gasteiger partial charge in [-0.25, -0.2) is 4.79 Å². The van der Waals surface area contributed by atoms with E-state index >= 15 is 0 Å². The number of pyridine rings is 1. The quantitative estimate of drug-likeness (QED) is 0.832. The summed E-state index contributed by atoms with van der Waals surface area (Å²) in [5.41, 5.74) is 5.04. The third kappa shape index (κ3) is 2.90. The Hall–Kier alpha value is -2.82. The van der Waals surface area contributed by atoms with Gasteiger partial charge >= 0.3 is 5.97 Å². The van der Waals surface area contributed by atoms with Gasteiger partial charge in [0.2, 0.25) is 0 Å². The molecule has 1 aromatic heterocycles. The van der Waals surface area contributed by atoms with Gasteiger partial charge in [-0.15, -0.1) is 0 Å². The highest BCUT2D eigenvalue weighted by Gasteiger charge is 2.30. The summed E-state index contributed by atoms with van der Waals surface area (Å²) >= 11 is 0. The molecule has 0 spiro atoms. The number of allylic oxidation sites excluding steroid dienone is 1. The number of rotatable bonds is 2. The average molecular weight is 309 g/mol. The van der Waals surface area contributed by atoms with Crippen molar-refractivity contribution in [1.82, 2.24) is 4.98 Å². The average Bonchev–Trinajstić information content (AvgIpc) is 2.70. The minimum absolute atomic E-state index is 0.373. The summed E-state index contributed by atoms with van der Waals surface area (Å²) in [6.07, 6.45) is 1.72. The zero-order chi connectivity index (χ0) is 16.4. The van der Waals surface area contributed by atoms with Crippen LogP contribution in [-0.2, 0) is 9.53 Å². The SMILES string of the molecule is COC(=O)C1=C(C)Nc2cc(C)ccc2NC1c1ccccn1. The number of anilines is 2. The van der Waals surface area contributed by atoms with Gasteiger partial charge in [0.25, 0.3) is 0 Å². The molecule has 1 aliphatic heterocycles. The molecule has 0 bridgehead atoms. The Bertz CT molecular complexity index is 769. The van der Waals surface area contributed by atoms with E-state index < -0.39 is 0 Å². The number of ether oxygens (including phenoxy) is 1. The van der Waals surface area contributed by atoms with Crippen LogP contribution in [0.4, 0.5) is 11.4 Å². The Labute approximate surface area is 135 Å². The van der Waals surface area contributed by atoms with E-state index in [0.717, 1.165) is 28.3 Å². The predicted molar refractivity (Wildman–Crippen MR) is 90.1 cm³/mol. The van der Waals surface area contributed by atoms with Gasteiger partial charge in [0.15, 0.2) is 0 Å². The maximum absolute atomic E-state index is 12.3. The predicted octanol–water partition coefficient (Wildman–Crippen LogP) is 3.42. The number of nitrogens with zero attached hydrogens (tertiary/aromatic N) is 1. The van der Waals surface area contributed by atoms with Crippen LogP contribution in [0.15, 0.2) is 53.9 Å². The van der Waals surface area contributed by atoms with Crippen LogP contribution in [0.3, 0.4) is 0 Å². The van der Waals surface area contributed by atoms with Crippen molar-refractivity contribution in [3.05, 3.63) is 65.1 Å². The molecular weight excluding hydrogens is 290 g/mol. The lowest BCUT2D eigenvalue weighted by Gasteiger charge is -2.20. The van der Waals surface area contributed by atoms with Gasteiger partial charge < -0.3 is 15.4 Å². The van der Waals surface area contributed by atoms with Crippen LogP contribution in [0, 0.1) is 6.92 Å². The Balaban J connectivity index is 2.15. The van der Waals surface area contributed by atoms with Crippen LogP contribution in [0.1, 0.15) is 24.2 Å². The highest BCUT2D eigenvalue weighted by Crippen LogP contribution is 2.36. The Morgan fingerprint density at radius 1 is 1.17 bits per heavy atom. The van der Waals surface area contributed by atoms with Crippen molar-refractivity contribution in [3.63, 3.8) is 0 Å². The molecule has 1 unspecified atom stereocenters. The second-order valence-electron chi connectivity index (χ2n) is 5.54. The summed E-state index contributed by atoms with van der Waals surface area (Å²) in [4.78, 5) is 16.7. The number of hydrogen-bond acceptors (Lipinski definition) is 5. The van der Waals surface area contributed by atoms with Crippen molar-refractivity contribution in [1.29, 1.82) is 0 Å². The molecule has 1 aliphatic rings. The number of aryl methyl sites for hydroxylation is 1. The van der Waals surface area contributed by atoms with Gasteiger partial charge in [-0.05, 0) is 43.7 Å². The fraction of sp³-hybridized carbons (Fsp3) is 0.222. The van der Waals surface area contributed by atoms with Crippen LogP contribution in [0.5, 0.6) is 0 Å². The highest BCUT2D eigenvalue weighted by atomic mass is 16.5. The molecule has 23 heavy (non-hydrogen) atoms. The molecule has 5 heteroatoms. The number of benzene rings is 1. The van der Waals surface area contributed by atoms with Gasteiger partial charge in [0, 0.05) is 11.9 Å². The number of carbonyl (C=O) groups excluding carboxylic acids is 1. The maximum Gasteiger partial charge on any atom is 0.338 e. The zero-order valence-electron chi connectivity index (χ0n) is 13.4. The van der Waals surface area contributed by atoms with E-state index in [1.165, 1.54) is 7.11 Å². The normalized spacial score (nSPS) is 16.7. The number of methoxy groups -OCH3 is 1. The minimum Gasteiger partial charge on any atom is -0.466 e. The summed E-state index contributed by atoms with van der Waals surface area (Å²) in [5, 5.41) is 6.73. The van der Waals surface area contributed by atoms with E-state index in [1.54, 1.807) is 6.20 Å². The van der Waals surface area contributed by atoms with Crippen molar-refractivity contribution >= 4 is 17.3 Å². The van der Waals surface area contributed by atoms with E-state index in [4.69, 9.17) is 4.74 Å². The lowest BCUT2D eigenvalue weighted by molar-refractivity contribution is -0.136. The number of hydrogen-bond donors (Lipinski definition) is 2. The lowest BCUT2D eigenvalue weighted by Crippen LogP contribution is -2.22. The Kier molecular flexibility index (Phi) is 4.02. The first-order valence-electron chi connectivity index (χ1n) is 7.44. The fourth-order valence-electron chi connectivity index (χ4n) is 2.75. The third-order valence-corrected chi connectivity index (χ3v) is 3.88. The van der Waals surface area contributed by atoms with E-state index in [9.17, 15) is 4.79 Å². The topological polar surface area (TPSA) is 63.2 Å². The second-order valence-corrected chi connectivity index (χ2v) is 5.54. The molecule has 0 saturated heterocycles. The lowest BCUT2D eigenvalue weighted by atomic mass is 10.0. The maximum atomic E-state index is 12.3. The van der Waals surface area contributed by atoms with Crippen molar-refractivity contribution in [3.8, 4) is 0 Å². The van der Waals surface area contributed by atoms with E-state index in [0.29, 0.717) is 5.57 Å². The van der Waals surface area contributed by atoms with Gasteiger partial charge in [0.1, 0.15) is 6.04 Å². The first-order chi connectivity index (χ1) is 11.1. The van der Waals surface area contributed by atoms with Crippen molar-refractivity contribution in [2.45, 2.75) is 19.9 Å². The fourth-order valence-corrected chi connectivity index (χ4v) is 2.75. The van der Waals surface area contributed by atoms with Crippen LogP contribution in [0.2, 0.25) is 0 Å². The van der Waals surface area contributed by atoms with Crippen LogP contribution in [-0.4, -0.2) is 18.1 Å². The number of aromatic nitrogens is 1. The molecule has 2 aromatic rings. The number of nitrogens with one attached hydrogen (secondary N) is 2. The van der Waals surface area contributed by atoms with Gasteiger partial charge in [-0.1, -0.05) is 12.1 Å². The second kappa shape index (κ2) is 6.12. The van der Waals surface area contributed by atoms with Gasteiger partial charge in [0.05, 0.1) is 29.8 Å². The molecule has 3 rings (SSSR count). The summed E-state index contributed by atoms with van der Waals surface area (Å²) in [6, 6.07) is 11.4. The number of esters is 1.